The van der Waals surface area contributed by atoms with Crippen LogP contribution in [0, 0.1) is 11.7 Å². The number of nitrogens with zero attached hydrogens (tertiary/aromatic N) is 6. The van der Waals surface area contributed by atoms with Gasteiger partial charge in [0.2, 0.25) is 23.6 Å². The van der Waals surface area contributed by atoms with Crippen molar-refractivity contribution in [3.8, 4) is 11.1 Å². The molecule has 3 aromatic carbocycles. The summed E-state index contributed by atoms with van der Waals surface area (Å²) in [5, 5.41) is 16.1. The fourth-order valence-corrected chi connectivity index (χ4v) is 9.50. The van der Waals surface area contributed by atoms with Gasteiger partial charge in [0, 0.05) is 93.4 Å². The van der Waals surface area contributed by atoms with Crippen LogP contribution in [0.5, 0.6) is 0 Å². The van der Waals surface area contributed by atoms with Crippen LogP contribution < -0.4 is 26.2 Å². The molecule has 18 heteroatoms. The Morgan fingerprint density at radius 1 is 0.853 bits per heavy atom. The molecular weight excluding hydrogens is 881 g/mol. The topological polar surface area (TPSA) is 157 Å². The van der Waals surface area contributed by atoms with E-state index in [-0.39, 0.29) is 41.9 Å². The first-order valence-corrected chi connectivity index (χ1v) is 23.2. The van der Waals surface area contributed by atoms with Gasteiger partial charge in [-0.05, 0) is 91.6 Å². The standard InChI is InChI=1S/C50H54F4N10O4/c51-40-26-39(58-41-12-15-44(65)60-47(41)67)11-13-42(40)62-24-22-61(23-25-62)29-33-16-20-63(21-17-33)45(66)31-64-30-36(28-57-64)35-6-14-43(55-27-35)59-48(68)46(34-4-2-1-3-5-34)56-32-49(18-19-49)37-7-9-38(10-8-37)50(52,53)54/h1-11,13-14,26-28,30,33,41,46,56,58H,12,15-25,29,31-32H2,(H,55,59,68)(H,60,65,67). The lowest BCUT2D eigenvalue weighted by Crippen LogP contribution is -2.49. The molecule has 356 valence electrons. The van der Waals surface area contributed by atoms with E-state index in [4.69, 9.17) is 0 Å². The number of piperazine rings is 1. The summed E-state index contributed by atoms with van der Waals surface area (Å²) in [6.45, 7) is 5.74. The summed E-state index contributed by atoms with van der Waals surface area (Å²) in [5.41, 5.74) is 3.06. The van der Waals surface area contributed by atoms with Crippen molar-refractivity contribution in [1.29, 1.82) is 0 Å². The molecule has 1 aliphatic carbocycles. The van der Waals surface area contributed by atoms with Gasteiger partial charge in [-0.15, -0.1) is 0 Å². The third-order valence-corrected chi connectivity index (χ3v) is 13.7. The lowest BCUT2D eigenvalue weighted by Gasteiger charge is -2.39. The average Bonchev–Trinajstić information content (AvgIpc) is 3.99. The highest BCUT2D eigenvalue weighted by molar-refractivity contribution is 6.01. The molecule has 4 aliphatic rings. The molecule has 9 rings (SSSR count). The fraction of sp³-hybridized carbons (Fsp3) is 0.400. The fourth-order valence-electron chi connectivity index (χ4n) is 9.50. The van der Waals surface area contributed by atoms with Gasteiger partial charge in [-0.1, -0.05) is 42.5 Å². The van der Waals surface area contributed by atoms with Crippen molar-refractivity contribution in [2.24, 2.45) is 5.92 Å². The van der Waals surface area contributed by atoms with E-state index in [1.165, 1.54) is 18.2 Å². The van der Waals surface area contributed by atoms with Crippen molar-refractivity contribution in [3.05, 3.63) is 126 Å². The van der Waals surface area contributed by atoms with E-state index >= 15 is 4.39 Å². The maximum atomic E-state index is 15.2. The van der Waals surface area contributed by atoms with Gasteiger partial charge < -0.3 is 25.8 Å². The van der Waals surface area contributed by atoms with Crippen LogP contribution in [-0.4, -0.2) is 107 Å². The Labute approximate surface area is 391 Å². The van der Waals surface area contributed by atoms with Gasteiger partial charge in [0.15, 0.2) is 0 Å². The number of halogens is 4. The van der Waals surface area contributed by atoms with Crippen LogP contribution in [0.15, 0.2) is 104 Å². The molecule has 2 aromatic heterocycles. The molecular formula is C50H54F4N10O4. The summed E-state index contributed by atoms with van der Waals surface area (Å²) in [5.74, 6) is -0.586. The Morgan fingerprint density at radius 3 is 2.26 bits per heavy atom. The number of hydrogen-bond acceptors (Lipinski definition) is 10. The van der Waals surface area contributed by atoms with Gasteiger partial charge in [0.25, 0.3) is 0 Å². The van der Waals surface area contributed by atoms with Gasteiger partial charge in [0.1, 0.15) is 30.3 Å². The quantitative estimate of drug-likeness (QED) is 0.0687. The number of amides is 4. The molecule has 4 amide bonds. The molecule has 3 saturated heterocycles. The van der Waals surface area contributed by atoms with Gasteiger partial charge in [-0.25, -0.2) is 9.37 Å². The molecule has 0 radical (unpaired) electrons. The molecule has 3 aliphatic heterocycles. The maximum Gasteiger partial charge on any atom is 0.416 e. The minimum atomic E-state index is -4.41. The van der Waals surface area contributed by atoms with Gasteiger partial charge >= 0.3 is 6.18 Å². The summed E-state index contributed by atoms with van der Waals surface area (Å²) < 4.78 is 56.4. The molecule has 1 saturated carbocycles. The van der Waals surface area contributed by atoms with E-state index < -0.39 is 29.7 Å². The number of benzene rings is 3. The monoisotopic (exact) mass is 934 g/mol. The van der Waals surface area contributed by atoms with E-state index in [1.807, 2.05) is 46.2 Å². The number of nitrogens with one attached hydrogen (secondary N) is 4. The van der Waals surface area contributed by atoms with Crippen molar-refractivity contribution in [2.75, 3.05) is 67.9 Å². The molecule has 14 nitrogen and oxygen atoms in total. The number of carbonyl (C=O) groups is 4. The highest BCUT2D eigenvalue weighted by atomic mass is 19.4. The minimum absolute atomic E-state index is 0.00296. The lowest BCUT2D eigenvalue weighted by atomic mass is 9.94. The number of imide groups is 1. The van der Waals surface area contributed by atoms with Crippen LogP contribution in [0.1, 0.15) is 61.3 Å². The second-order valence-corrected chi connectivity index (χ2v) is 18.4. The second-order valence-electron chi connectivity index (χ2n) is 18.4. The Bertz CT molecular complexity index is 2590. The first kappa shape index (κ1) is 46.5. The summed E-state index contributed by atoms with van der Waals surface area (Å²) in [4.78, 5) is 61.6. The van der Waals surface area contributed by atoms with Crippen LogP contribution in [0.3, 0.4) is 0 Å². The molecule has 4 N–H and O–H groups in total. The third-order valence-electron chi connectivity index (χ3n) is 13.7. The highest BCUT2D eigenvalue weighted by Gasteiger charge is 2.45. The molecule has 5 aromatic rings. The zero-order chi connectivity index (χ0) is 47.4. The lowest BCUT2D eigenvalue weighted by molar-refractivity contribution is -0.138. The summed E-state index contributed by atoms with van der Waals surface area (Å²) >= 11 is 0. The molecule has 68 heavy (non-hydrogen) atoms. The Hall–Kier alpha value is -6.66. The summed E-state index contributed by atoms with van der Waals surface area (Å²) in [6.07, 6.45) is 4.71. The average molecular weight is 935 g/mol. The summed E-state index contributed by atoms with van der Waals surface area (Å²) in [7, 11) is 0. The van der Waals surface area contributed by atoms with E-state index in [2.05, 4.69) is 36.2 Å². The zero-order valence-corrected chi connectivity index (χ0v) is 37.5. The molecule has 2 unspecified atom stereocenters. The van der Waals surface area contributed by atoms with Crippen molar-refractivity contribution < 1.29 is 36.7 Å². The van der Waals surface area contributed by atoms with E-state index in [1.54, 1.807) is 41.5 Å². The Kier molecular flexibility index (Phi) is 13.6. The van der Waals surface area contributed by atoms with Gasteiger partial charge in [-0.2, -0.15) is 18.3 Å². The second kappa shape index (κ2) is 19.9. The molecule has 5 heterocycles. The molecule has 0 spiro atoms. The number of carbonyl (C=O) groups excluding carboxylic acids is 4. The Balaban J connectivity index is 0.713. The van der Waals surface area contributed by atoms with Crippen LogP contribution >= 0.6 is 0 Å². The van der Waals surface area contributed by atoms with E-state index in [0.717, 1.165) is 79.7 Å². The van der Waals surface area contributed by atoms with Crippen LogP contribution in [-0.2, 0) is 37.3 Å². The molecule has 4 fully saturated rings. The normalized spacial score (nSPS) is 19.3. The number of rotatable bonds is 15. The minimum Gasteiger partial charge on any atom is -0.374 e. The van der Waals surface area contributed by atoms with Crippen LogP contribution in [0.2, 0.25) is 0 Å². The van der Waals surface area contributed by atoms with Crippen molar-refractivity contribution >= 4 is 40.8 Å². The SMILES string of the molecule is O=C1CCC(Nc2ccc(N3CCN(CC4CCN(C(=O)Cn5cc(-c6ccc(NC(=O)C(NCC7(c8ccc(C(F)(F)F)cc8)CC7)c7ccccc7)nc6)cn5)CC4)CC3)c(F)c2)C(=O)N1. The largest absolute Gasteiger partial charge is 0.416 e. The molecule has 2 atom stereocenters. The first-order chi connectivity index (χ1) is 32.8. The number of pyridine rings is 1. The van der Waals surface area contributed by atoms with Gasteiger partial charge in [-0.3, -0.25) is 34.1 Å². The van der Waals surface area contributed by atoms with Crippen molar-refractivity contribution in [2.45, 2.75) is 68.7 Å². The van der Waals surface area contributed by atoms with Gasteiger partial charge in [0.05, 0.1) is 17.4 Å². The zero-order valence-electron chi connectivity index (χ0n) is 37.5. The van der Waals surface area contributed by atoms with Crippen LogP contribution in [0.25, 0.3) is 11.1 Å². The van der Waals surface area contributed by atoms with Crippen molar-refractivity contribution in [1.82, 2.24) is 35.2 Å². The van der Waals surface area contributed by atoms with Crippen molar-refractivity contribution in [3.63, 3.8) is 0 Å². The third kappa shape index (κ3) is 11.0. The number of anilines is 3. The summed E-state index contributed by atoms with van der Waals surface area (Å²) in [6, 6.07) is 21.7. The van der Waals surface area contributed by atoms with E-state index in [9.17, 15) is 32.3 Å². The first-order valence-electron chi connectivity index (χ1n) is 23.2. The number of piperidine rings is 2. The predicted octanol–water partition coefficient (Wildman–Crippen LogP) is 6.38. The number of hydrogen-bond donors (Lipinski definition) is 4. The smallest absolute Gasteiger partial charge is 0.374 e. The number of aromatic nitrogens is 3. The maximum absolute atomic E-state index is 15.2. The van der Waals surface area contributed by atoms with Crippen LogP contribution in [0.4, 0.5) is 34.8 Å². The number of alkyl halides is 3. The molecule has 0 bridgehead atoms. The van der Waals surface area contributed by atoms with E-state index in [0.29, 0.717) is 62.3 Å². The predicted molar refractivity (Wildman–Crippen MR) is 248 cm³/mol. The highest BCUT2D eigenvalue weighted by Crippen LogP contribution is 2.48. The Morgan fingerprint density at radius 2 is 1.60 bits per heavy atom. The number of likely N-dealkylation sites (tertiary alicyclic amines) is 1.